The van der Waals surface area contributed by atoms with Gasteiger partial charge in [-0.2, -0.15) is 0 Å². The maximum Gasteiger partial charge on any atom is 0.300 e. The van der Waals surface area contributed by atoms with Crippen LogP contribution in [0.15, 0.2) is 60.4 Å². The molecule has 1 aliphatic rings. The molecule has 168 valence electrons. The molecule has 0 bridgehead atoms. The van der Waals surface area contributed by atoms with Crippen LogP contribution in [0.4, 0.5) is 5.69 Å². The number of aryl methyl sites for hydroxylation is 3. The lowest BCUT2D eigenvalue weighted by Crippen LogP contribution is -2.29. The second kappa shape index (κ2) is 8.43. The minimum absolute atomic E-state index is 0.0558. The van der Waals surface area contributed by atoms with E-state index in [0.717, 1.165) is 11.1 Å². The number of rotatable bonds is 4. The van der Waals surface area contributed by atoms with Gasteiger partial charge in [0.15, 0.2) is 0 Å². The summed E-state index contributed by atoms with van der Waals surface area (Å²) in [7, 11) is 1.56. The van der Waals surface area contributed by atoms with Crippen LogP contribution in [0.2, 0.25) is 0 Å². The van der Waals surface area contributed by atoms with Gasteiger partial charge in [-0.3, -0.25) is 19.5 Å². The number of anilines is 1. The van der Waals surface area contributed by atoms with Gasteiger partial charge >= 0.3 is 0 Å². The number of nitrogens with zero attached hydrogens (tertiary/aromatic N) is 2. The van der Waals surface area contributed by atoms with Crippen LogP contribution in [-0.2, 0) is 9.59 Å². The summed E-state index contributed by atoms with van der Waals surface area (Å²) < 4.78 is 5.35. The Bertz CT molecular complexity index is 1300. The van der Waals surface area contributed by atoms with E-state index in [-0.39, 0.29) is 22.8 Å². The second-order valence-corrected chi connectivity index (χ2v) is 8.08. The average molecular weight is 444 g/mol. The number of methoxy groups -OCH3 is 1. The van der Waals surface area contributed by atoms with Crippen molar-refractivity contribution in [2.24, 2.45) is 0 Å². The molecule has 7 nitrogen and oxygen atoms in total. The van der Waals surface area contributed by atoms with Gasteiger partial charge in [0.25, 0.3) is 11.7 Å². The summed E-state index contributed by atoms with van der Waals surface area (Å²) in [6.07, 6.45) is 3.10. The summed E-state index contributed by atoms with van der Waals surface area (Å²) in [6, 6.07) is 10.7. The SMILES string of the molecule is COc1cc(C)c(/C(O)=C2\C(=O)C(=O)N(c3cc(C)ccc3O)C2c2ccncc2)cc1C. The van der Waals surface area contributed by atoms with Gasteiger partial charge < -0.3 is 14.9 Å². The zero-order valence-electron chi connectivity index (χ0n) is 18.8. The maximum atomic E-state index is 13.3. The van der Waals surface area contributed by atoms with E-state index in [2.05, 4.69) is 4.98 Å². The third kappa shape index (κ3) is 3.71. The fourth-order valence-corrected chi connectivity index (χ4v) is 4.18. The molecular formula is C26H24N2O5. The van der Waals surface area contributed by atoms with Crippen molar-refractivity contribution in [3.05, 3.63) is 88.2 Å². The summed E-state index contributed by atoms with van der Waals surface area (Å²) in [5, 5.41) is 21.9. The number of ketones is 1. The molecule has 1 fully saturated rings. The highest BCUT2D eigenvalue weighted by atomic mass is 16.5. The normalized spacial score (nSPS) is 17.5. The molecule has 1 unspecified atom stereocenters. The van der Waals surface area contributed by atoms with Crippen molar-refractivity contribution in [3.8, 4) is 11.5 Å². The lowest BCUT2D eigenvalue weighted by Gasteiger charge is -2.26. The quantitative estimate of drug-likeness (QED) is 0.353. The van der Waals surface area contributed by atoms with E-state index in [1.165, 1.54) is 11.0 Å². The van der Waals surface area contributed by atoms with Crippen molar-refractivity contribution in [2.75, 3.05) is 12.0 Å². The molecule has 1 aromatic heterocycles. The Morgan fingerprint density at radius 1 is 1.00 bits per heavy atom. The number of aliphatic hydroxyl groups is 1. The Hall–Kier alpha value is -4.13. The Balaban J connectivity index is 1.99. The zero-order chi connectivity index (χ0) is 23.9. The predicted molar refractivity (Wildman–Crippen MR) is 124 cm³/mol. The molecular weight excluding hydrogens is 420 g/mol. The molecule has 0 aliphatic carbocycles. The van der Waals surface area contributed by atoms with E-state index in [0.29, 0.717) is 22.4 Å². The van der Waals surface area contributed by atoms with Crippen LogP contribution in [-0.4, -0.2) is 34.0 Å². The molecule has 1 amide bonds. The van der Waals surface area contributed by atoms with Gasteiger partial charge in [-0.1, -0.05) is 6.07 Å². The Morgan fingerprint density at radius 2 is 1.70 bits per heavy atom. The van der Waals surface area contributed by atoms with Gasteiger partial charge in [0, 0.05) is 18.0 Å². The molecule has 33 heavy (non-hydrogen) atoms. The van der Waals surface area contributed by atoms with Crippen molar-refractivity contribution in [3.63, 3.8) is 0 Å². The molecule has 1 saturated heterocycles. The summed E-state index contributed by atoms with van der Waals surface area (Å²) >= 11 is 0. The van der Waals surface area contributed by atoms with E-state index in [1.54, 1.807) is 62.8 Å². The van der Waals surface area contributed by atoms with Gasteiger partial charge in [0.1, 0.15) is 17.3 Å². The number of hydrogen-bond donors (Lipinski definition) is 2. The molecule has 1 atom stereocenters. The molecule has 0 spiro atoms. The van der Waals surface area contributed by atoms with E-state index < -0.39 is 17.7 Å². The summed E-state index contributed by atoms with van der Waals surface area (Å²) in [4.78, 5) is 31.8. The van der Waals surface area contributed by atoms with E-state index in [4.69, 9.17) is 4.74 Å². The Labute approximate surface area is 191 Å². The molecule has 0 saturated carbocycles. The summed E-state index contributed by atoms with van der Waals surface area (Å²) in [5.74, 6) is -1.43. The number of phenols is 1. The number of amides is 1. The largest absolute Gasteiger partial charge is 0.507 e. The minimum Gasteiger partial charge on any atom is -0.507 e. The number of aromatic hydroxyl groups is 1. The number of phenolic OH excluding ortho intramolecular Hbond substituents is 1. The monoisotopic (exact) mass is 444 g/mol. The number of pyridine rings is 1. The number of benzene rings is 2. The number of ether oxygens (including phenoxy) is 1. The smallest absolute Gasteiger partial charge is 0.300 e. The Morgan fingerprint density at radius 3 is 2.36 bits per heavy atom. The number of Topliss-reactive ketones (excluding diaryl/α,β-unsaturated/α-hetero) is 1. The second-order valence-electron chi connectivity index (χ2n) is 8.08. The van der Waals surface area contributed by atoms with Crippen LogP contribution in [0.3, 0.4) is 0 Å². The van der Waals surface area contributed by atoms with Crippen LogP contribution in [0.1, 0.15) is 33.9 Å². The molecule has 7 heteroatoms. The van der Waals surface area contributed by atoms with Gasteiger partial charge in [0.05, 0.1) is 24.4 Å². The fraction of sp³-hybridized carbons (Fsp3) is 0.192. The van der Waals surface area contributed by atoms with E-state index in [1.807, 2.05) is 13.8 Å². The first-order valence-electron chi connectivity index (χ1n) is 10.4. The van der Waals surface area contributed by atoms with Crippen molar-refractivity contribution in [2.45, 2.75) is 26.8 Å². The van der Waals surface area contributed by atoms with Crippen LogP contribution < -0.4 is 9.64 Å². The third-order valence-electron chi connectivity index (χ3n) is 5.85. The highest BCUT2D eigenvalue weighted by Gasteiger charge is 2.47. The first-order chi connectivity index (χ1) is 15.7. The van der Waals surface area contributed by atoms with Gasteiger partial charge in [-0.15, -0.1) is 0 Å². The highest BCUT2D eigenvalue weighted by molar-refractivity contribution is 6.52. The molecule has 4 rings (SSSR count). The first-order valence-corrected chi connectivity index (χ1v) is 10.4. The zero-order valence-corrected chi connectivity index (χ0v) is 18.8. The molecule has 3 aromatic rings. The third-order valence-corrected chi connectivity index (χ3v) is 5.85. The standard InChI is InChI=1S/C26H24N2O5/c1-14-5-6-20(29)19(11-14)28-23(17-7-9-27-10-8-17)22(25(31)26(28)32)24(30)18-12-16(3)21(33-4)13-15(18)2/h5-13,23,29-30H,1-4H3/b24-22+. The van der Waals surface area contributed by atoms with Crippen LogP contribution in [0.5, 0.6) is 11.5 Å². The number of aromatic nitrogens is 1. The minimum atomic E-state index is -0.942. The lowest BCUT2D eigenvalue weighted by atomic mass is 9.93. The van der Waals surface area contributed by atoms with Crippen LogP contribution in [0.25, 0.3) is 5.76 Å². The van der Waals surface area contributed by atoms with Gasteiger partial charge in [-0.25, -0.2) is 0 Å². The van der Waals surface area contributed by atoms with Gasteiger partial charge in [0.2, 0.25) is 0 Å². The topological polar surface area (TPSA) is 100.0 Å². The van der Waals surface area contributed by atoms with Crippen molar-refractivity contribution < 1.29 is 24.5 Å². The van der Waals surface area contributed by atoms with Crippen molar-refractivity contribution >= 4 is 23.1 Å². The number of carbonyl (C=O) groups is 2. The molecule has 2 heterocycles. The van der Waals surface area contributed by atoms with E-state index >= 15 is 0 Å². The molecule has 2 aromatic carbocycles. The first kappa shape index (κ1) is 22.1. The van der Waals surface area contributed by atoms with Crippen LogP contribution in [0, 0.1) is 20.8 Å². The fourth-order valence-electron chi connectivity index (χ4n) is 4.18. The molecule has 0 radical (unpaired) electrons. The maximum absolute atomic E-state index is 13.3. The van der Waals surface area contributed by atoms with Crippen LogP contribution >= 0.6 is 0 Å². The molecule has 1 aliphatic heterocycles. The van der Waals surface area contributed by atoms with Crippen molar-refractivity contribution in [1.82, 2.24) is 4.98 Å². The average Bonchev–Trinajstić information content (AvgIpc) is 3.07. The lowest BCUT2D eigenvalue weighted by molar-refractivity contribution is -0.132. The number of aliphatic hydroxyl groups excluding tert-OH is 1. The summed E-state index contributed by atoms with van der Waals surface area (Å²) in [5.41, 5.74) is 3.41. The predicted octanol–water partition coefficient (Wildman–Crippen LogP) is 4.35. The Kier molecular flexibility index (Phi) is 5.64. The van der Waals surface area contributed by atoms with E-state index in [9.17, 15) is 19.8 Å². The number of carbonyl (C=O) groups excluding carboxylic acids is 2. The van der Waals surface area contributed by atoms with Gasteiger partial charge in [-0.05, 0) is 79.4 Å². The number of hydrogen-bond acceptors (Lipinski definition) is 6. The van der Waals surface area contributed by atoms with Crippen molar-refractivity contribution in [1.29, 1.82) is 0 Å². The summed E-state index contributed by atoms with van der Waals surface area (Å²) in [6.45, 7) is 5.45. The molecule has 2 N–H and O–H groups in total. The highest BCUT2D eigenvalue weighted by Crippen LogP contribution is 2.45.